The van der Waals surface area contributed by atoms with E-state index in [0.717, 1.165) is 17.7 Å². The molecule has 2 rings (SSSR count). The van der Waals surface area contributed by atoms with Crippen molar-refractivity contribution in [2.24, 2.45) is 5.16 Å². The van der Waals surface area contributed by atoms with Gasteiger partial charge in [-0.2, -0.15) is 0 Å². The molecule has 20 heavy (non-hydrogen) atoms. The van der Waals surface area contributed by atoms with Gasteiger partial charge in [-0.25, -0.2) is 0 Å². The first-order valence-electron chi connectivity index (χ1n) is 7.21. The minimum atomic E-state index is -0.0262. The Kier molecular flexibility index (Phi) is 4.77. The molecular weight excluding hydrogens is 252 g/mol. The second-order valence-electron chi connectivity index (χ2n) is 5.12. The number of benzene rings is 1. The third-order valence-corrected chi connectivity index (χ3v) is 3.58. The highest BCUT2D eigenvalue weighted by Crippen LogP contribution is 2.18. The summed E-state index contributed by atoms with van der Waals surface area (Å²) in [5, 5.41) is 4.17. The minimum Gasteiger partial charge on any atom is -0.390 e. The Hall–Kier alpha value is -1.84. The van der Waals surface area contributed by atoms with Crippen LogP contribution in [0.1, 0.15) is 37.8 Å². The van der Waals surface area contributed by atoms with E-state index in [1.807, 2.05) is 18.7 Å². The zero-order valence-corrected chi connectivity index (χ0v) is 12.4. The van der Waals surface area contributed by atoms with E-state index < -0.39 is 0 Å². The lowest BCUT2D eigenvalue weighted by molar-refractivity contribution is -0.132. The molecule has 0 aromatic heterocycles. The van der Waals surface area contributed by atoms with Gasteiger partial charge in [0.05, 0.1) is 12.3 Å². The van der Waals surface area contributed by atoms with Gasteiger partial charge in [-0.1, -0.05) is 41.9 Å². The van der Waals surface area contributed by atoms with Crippen LogP contribution in [0.5, 0.6) is 0 Å². The molecule has 1 aliphatic rings. The summed E-state index contributed by atoms with van der Waals surface area (Å²) in [6.07, 6.45) is 1.27. The second-order valence-corrected chi connectivity index (χ2v) is 5.12. The van der Waals surface area contributed by atoms with Gasteiger partial charge in [0.1, 0.15) is 0 Å². The maximum atomic E-state index is 11.8. The largest absolute Gasteiger partial charge is 0.390 e. The van der Waals surface area contributed by atoms with Crippen LogP contribution in [-0.4, -0.2) is 35.7 Å². The zero-order valence-electron chi connectivity index (χ0n) is 12.4. The first-order valence-corrected chi connectivity index (χ1v) is 7.21. The Morgan fingerprint density at radius 3 is 2.65 bits per heavy atom. The van der Waals surface area contributed by atoms with Crippen molar-refractivity contribution in [2.45, 2.75) is 39.7 Å². The molecule has 108 valence electrons. The Morgan fingerprint density at radius 1 is 1.35 bits per heavy atom. The molecule has 0 fully saturated rings. The Bertz CT molecular complexity index is 494. The topological polar surface area (TPSA) is 41.9 Å². The van der Waals surface area contributed by atoms with Crippen molar-refractivity contribution in [1.82, 2.24) is 4.90 Å². The molecule has 0 N–H and O–H groups in total. The lowest BCUT2D eigenvalue weighted by atomic mass is 10.0. The van der Waals surface area contributed by atoms with E-state index >= 15 is 0 Å². The molecule has 0 radical (unpaired) electrons. The molecule has 0 spiro atoms. The van der Waals surface area contributed by atoms with Crippen LogP contribution in [0, 0.1) is 6.92 Å². The highest BCUT2D eigenvalue weighted by Gasteiger charge is 2.25. The average Bonchev–Trinajstić information content (AvgIpc) is 2.93. The minimum absolute atomic E-state index is 0.0262. The number of likely N-dealkylation sites (N-methyl/N-ethyl adjacent to an activating group) is 1. The van der Waals surface area contributed by atoms with Crippen LogP contribution in [-0.2, 0) is 9.63 Å². The summed E-state index contributed by atoms with van der Waals surface area (Å²) in [5.41, 5.74) is 3.30. The predicted molar refractivity (Wildman–Crippen MR) is 79.8 cm³/mol. The Balaban J connectivity index is 1.94. The van der Waals surface area contributed by atoms with E-state index in [1.165, 1.54) is 5.56 Å². The van der Waals surface area contributed by atoms with E-state index in [-0.39, 0.29) is 12.0 Å². The standard InChI is InChI=1S/C16H22N2O2/c1-4-16(19)18(5-2)11-14-10-15(17-20-14)13-8-6-12(3)7-9-13/h6-9,14H,4-5,10-11H2,1-3H3/t14-/m0/s1. The predicted octanol–water partition coefficient (Wildman–Crippen LogP) is 2.75. The van der Waals surface area contributed by atoms with Gasteiger partial charge in [-0.05, 0) is 19.4 Å². The zero-order chi connectivity index (χ0) is 14.5. The van der Waals surface area contributed by atoms with Gasteiger partial charge in [0.2, 0.25) is 5.91 Å². The van der Waals surface area contributed by atoms with Crippen molar-refractivity contribution < 1.29 is 9.63 Å². The lowest BCUT2D eigenvalue weighted by Gasteiger charge is -2.22. The third-order valence-electron chi connectivity index (χ3n) is 3.58. The van der Waals surface area contributed by atoms with E-state index in [1.54, 1.807) is 0 Å². The lowest BCUT2D eigenvalue weighted by Crippen LogP contribution is -2.37. The molecule has 4 nitrogen and oxygen atoms in total. The molecule has 0 saturated heterocycles. The Labute approximate surface area is 120 Å². The van der Waals surface area contributed by atoms with Crippen molar-refractivity contribution in [2.75, 3.05) is 13.1 Å². The highest BCUT2D eigenvalue weighted by atomic mass is 16.6. The van der Waals surface area contributed by atoms with Crippen molar-refractivity contribution >= 4 is 11.6 Å². The molecule has 0 saturated carbocycles. The Morgan fingerprint density at radius 2 is 2.05 bits per heavy atom. The molecule has 1 heterocycles. The number of amides is 1. The number of nitrogens with zero attached hydrogens (tertiary/aromatic N) is 2. The monoisotopic (exact) mass is 274 g/mol. The summed E-state index contributed by atoms with van der Waals surface area (Å²) in [4.78, 5) is 19.1. The van der Waals surface area contributed by atoms with Crippen LogP contribution >= 0.6 is 0 Å². The van der Waals surface area contributed by atoms with Crippen LogP contribution in [0.2, 0.25) is 0 Å². The van der Waals surface area contributed by atoms with Crippen molar-refractivity contribution in [3.05, 3.63) is 35.4 Å². The van der Waals surface area contributed by atoms with Crippen LogP contribution in [0.4, 0.5) is 0 Å². The maximum absolute atomic E-state index is 11.8. The number of rotatable bonds is 5. The summed E-state index contributed by atoms with van der Waals surface area (Å²) in [6.45, 7) is 7.27. The van der Waals surface area contributed by atoms with Crippen LogP contribution in [0.15, 0.2) is 29.4 Å². The highest BCUT2D eigenvalue weighted by molar-refractivity contribution is 6.01. The normalized spacial score (nSPS) is 17.6. The van der Waals surface area contributed by atoms with Crippen LogP contribution in [0.25, 0.3) is 0 Å². The van der Waals surface area contributed by atoms with Crippen LogP contribution < -0.4 is 0 Å². The van der Waals surface area contributed by atoms with Crippen LogP contribution in [0.3, 0.4) is 0 Å². The summed E-state index contributed by atoms with van der Waals surface area (Å²) in [5.74, 6) is 0.167. The fourth-order valence-electron chi connectivity index (χ4n) is 2.32. The van der Waals surface area contributed by atoms with Gasteiger partial charge in [0.25, 0.3) is 0 Å². The van der Waals surface area contributed by atoms with Gasteiger partial charge < -0.3 is 9.74 Å². The molecule has 0 unspecified atom stereocenters. The smallest absolute Gasteiger partial charge is 0.222 e. The average molecular weight is 274 g/mol. The van der Waals surface area contributed by atoms with E-state index in [4.69, 9.17) is 4.84 Å². The summed E-state index contributed by atoms with van der Waals surface area (Å²) in [6, 6.07) is 8.28. The van der Waals surface area contributed by atoms with Gasteiger partial charge in [0.15, 0.2) is 6.10 Å². The van der Waals surface area contributed by atoms with Gasteiger partial charge in [-0.15, -0.1) is 0 Å². The number of aryl methyl sites for hydroxylation is 1. The molecule has 1 aromatic carbocycles. The van der Waals surface area contributed by atoms with Crippen molar-refractivity contribution in [1.29, 1.82) is 0 Å². The summed E-state index contributed by atoms with van der Waals surface area (Å²) in [7, 11) is 0. The van der Waals surface area contributed by atoms with Gasteiger partial charge in [0, 0.05) is 19.4 Å². The molecule has 0 bridgehead atoms. The third kappa shape index (κ3) is 3.38. The van der Waals surface area contributed by atoms with Crippen molar-refractivity contribution in [3.63, 3.8) is 0 Å². The fourth-order valence-corrected chi connectivity index (χ4v) is 2.32. The molecule has 1 aromatic rings. The number of oxime groups is 1. The van der Waals surface area contributed by atoms with Gasteiger partial charge >= 0.3 is 0 Å². The first kappa shape index (κ1) is 14.6. The second kappa shape index (κ2) is 6.55. The number of hydrogen-bond acceptors (Lipinski definition) is 3. The molecule has 4 heteroatoms. The van der Waals surface area contributed by atoms with E-state index in [9.17, 15) is 4.79 Å². The quantitative estimate of drug-likeness (QED) is 0.828. The first-order chi connectivity index (χ1) is 9.63. The van der Waals surface area contributed by atoms with Crippen molar-refractivity contribution in [3.8, 4) is 0 Å². The van der Waals surface area contributed by atoms with E-state index in [0.29, 0.717) is 19.5 Å². The number of hydrogen-bond donors (Lipinski definition) is 0. The SMILES string of the molecule is CCC(=O)N(CC)C[C@@H]1CC(c2ccc(C)cc2)=NO1. The molecule has 1 aliphatic heterocycles. The number of carbonyl (C=O) groups excluding carboxylic acids is 1. The fraction of sp³-hybridized carbons (Fsp3) is 0.500. The molecule has 1 atom stereocenters. The molecular formula is C16H22N2O2. The number of carbonyl (C=O) groups is 1. The summed E-state index contributed by atoms with van der Waals surface area (Å²) >= 11 is 0. The van der Waals surface area contributed by atoms with Gasteiger partial charge in [-0.3, -0.25) is 4.79 Å². The maximum Gasteiger partial charge on any atom is 0.222 e. The molecule has 1 amide bonds. The van der Waals surface area contributed by atoms with E-state index in [2.05, 4.69) is 36.3 Å². The summed E-state index contributed by atoms with van der Waals surface area (Å²) < 4.78 is 0. The molecule has 0 aliphatic carbocycles.